The average molecular weight is 190 g/mol. The fraction of sp³-hybridized carbons (Fsp3) is 0.222. The Kier molecular flexibility index (Phi) is 2.14. The van der Waals surface area contributed by atoms with Crippen LogP contribution in [-0.4, -0.2) is 26.9 Å². The fourth-order valence-corrected chi connectivity index (χ4v) is 1.09. The largest absolute Gasteiger partial charge is 0.467 e. The smallest absolute Gasteiger partial charge is 0.316 e. The van der Waals surface area contributed by atoms with Gasteiger partial charge in [-0.3, -0.25) is 0 Å². The van der Waals surface area contributed by atoms with Crippen molar-refractivity contribution < 1.29 is 4.74 Å². The predicted octanol–water partition coefficient (Wildman–Crippen LogP) is 0.979. The lowest BCUT2D eigenvalue weighted by Gasteiger charge is -2.00. The van der Waals surface area contributed by atoms with Crippen LogP contribution in [0.5, 0.6) is 6.01 Å². The molecule has 0 spiro atoms. The minimum Gasteiger partial charge on any atom is -0.467 e. The van der Waals surface area contributed by atoms with Crippen LogP contribution in [-0.2, 0) is 0 Å². The highest BCUT2D eigenvalue weighted by atomic mass is 16.5. The van der Waals surface area contributed by atoms with Gasteiger partial charge in [0.05, 0.1) is 25.2 Å². The van der Waals surface area contributed by atoms with Gasteiger partial charge in [0.25, 0.3) is 0 Å². The van der Waals surface area contributed by atoms with Crippen LogP contribution in [0.15, 0.2) is 24.7 Å². The summed E-state index contributed by atoms with van der Waals surface area (Å²) in [5.41, 5.74) is 1.78. The van der Waals surface area contributed by atoms with Gasteiger partial charge < -0.3 is 4.74 Å². The van der Waals surface area contributed by atoms with E-state index in [1.165, 1.54) is 7.11 Å². The molecule has 0 aromatic carbocycles. The Hall–Kier alpha value is -1.91. The van der Waals surface area contributed by atoms with Crippen LogP contribution in [0.1, 0.15) is 5.69 Å². The third-order valence-electron chi connectivity index (χ3n) is 1.78. The molecule has 2 rings (SSSR count). The van der Waals surface area contributed by atoms with E-state index >= 15 is 0 Å². The molecule has 5 heteroatoms. The van der Waals surface area contributed by atoms with Gasteiger partial charge in [-0.1, -0.05) is 0 Å². The summed E-state index contributed by atoms with van der Waals surface area (Å²) in [6.45, 7) is 1.93. The Morgan fingerprint density at radius 3 is 2.50 bits per heavy atom. The molecule has 0 fully saturated rings. The first kappa shape index (κ1) is 8.68. The maximum absolute atomic E-state index is 4.86. The molecule has 0 saturated heterocycles. The van der Waals surface area contributed by atoms with Crippen LogP contribution in [0, 0.1) is 6.92 Å². The zero-order valence-corrected chi connectivity index (χ0v) is 8.01. The van der Waals surface area contributed by atoms with Crippen LogP contribution in [0.25, 0.3) is 5.69 Å². The number of hydrogen-bond donors (Lipinski definition) is 0. The summed E-state index contributed by atoms with van der Waals surface area (Å²) in [5, 5.41) is 4.23. The molecule has 72 valence electrons. The summed E-state index contributed by atoms with van der Waals surface area (Å²) in [6, 6.07) is 2.28. The van der Waals surface area contributed by atoms with Crippen LogP contribution in [0.4, 0.5) is 0 Å². The van der Waals surface area contributed by atoms with Crippen molar-refractivity contribution in [2.45, 2.75) is 6.92 Å². The standard InChI is InChI=1S/C9H10N4O/c1-7-3-4-13(12-7)8-5-10-9(14-2)11-6-8/h3-6H,1-2H3. The maximum Gasteiger partial charge on any atom is 0.316 e. The Labute approximate surface area is 81.4 Å². The van der Waals surface area contributed by atoms with E-state index < -0.39 is 0 Å². The number of hydrogen-bond acceptors (Lipinski definition) is 4. The number of aromatic nitrogens is 4. The number of nitrogens with zero attached hydrogens (tertiary/aromatic N) is 4. The van der Waals surface area contributed by atoms with E-state index in [2.05, 4.69) is 15.1 Å². The SMILES string of the molecule is COc1ncc(-n2ccc(C)n2)cn1. The van der Waals surface area contributed by atoms with Crippen LogP contribution in [0.2, 0.25) is 0 Å². The van der Waals surface area contributed by atoms with E-state index in [4.69, 9.17) is 4.74 Å². The van der Waals surface area contributed by atoms with E-state index in [0.29, 0.717) is 6.01 Å². The third-order valence-corrected chi connectivity index (χ3v) is 1.78. The first-order valence-electron chi connectivity index (χ1n) is 4.18. The lowest BCUT2D eigenvalue weighted by Crippen LogP contribution is -1.98. The van der Waals surface area contributed by atoms with Crippen molar-refractivity contribution in [3.05, 3.63) is 30.4 Å². The second-order valence-electron chi connectivity index (χ2n) is 2.83. The van der Waals surface area contributed by atoms with Crippen molar-refractivity contribution in [2.75, 3.05) is 7.11 Å². The molecular weight excluding hydrogens is 180 g/mol. The van der Waals surface area contributed by atoms with Gasteiger partial charge in [0.15, 0.2) is 0 Å². The van der Waals surface area contributed by atoms with Gasteiger partial charge in [0.2, 0.25) is 0 Å². The number of aryl methyl sites for hydroxylation is 1. The molecule has 0 saturated carbocycles. The first-order valence-corrected chi connectivity index (χ1v) is 4.18. The highest BCUT2D eigenvalue weighted by Crippen LogP contribution is 2.06. The van der Waals surface area contributed by atoms with Gasteiger partial charge in [0, 0.05) is 6.20 Å². The van der Waals surface area contributed by atoms with Crippen LogP contribution >= 0.6 is 0 Å². The van der Waals surface area contributed by atoms with Gasteiger partial charge in [-0.25, -0.2) is 14.6 Å². The summed E-state index contributed by atoms with van der Waals surface area (Å²) in [6.07, 6.45) is 5.19. The molecule has 0 bridgehead atoms. The maximum atomic E-state index is 4.86. The summed E-state index contributed by atoms with van der Waals surface area (Å²) in [5.74, 6) is 0. The first-order chi connectivity index (χ1) is 6.79. The van der Waals surface area contributed by atoms with Gasteiger partial charge >= 0.3 is 6.01 Å². The van der Waals surface area contributed by atoms with Crippen molar-refractivity contribution in [1.29, 1.82) is 0 Å². The highest BCUT2D eigenvalue weighted by molar-refractivity contribution is 5.25. The highest BCUT2D eigenvalue weighted by Gasteiger charge is 1.99. The van der Waals surface area contributed by atoms with Crippen molar-refractivity contribution in [3.8, 4) is 11.7 Å². The van der Waals surface area contributed by atoms with Crippen molar-refractivity contribution in [2.24, 2.45) is 0 Å². The van der Waals surface area contributed by atoms with Gasteiger partial charge in [-0.05, 0) is 13.0 Å². The Morgan fingerprint density at radius 2 is 2.00 bits per heavy atom. The van der Waals surface area contributed by atoms with E-state index in [-0.39, 0.29) is 0 Å². The lowest BCUT2D eigenvalue weighted by molar-refractivity contribution is 0.379. The Bertz CT molecular complexity index is 421. The van der Waals surface area contributed by atoms with Gasteiger partial charge in [-0.2, -0.15) is 5.10 Å². The molecule has 14 heavy (non-hydrogen) atoms. The van der Waals surface area contributed by atoms with Crippen molar-refractivity contribution >= 4 is 0 Å². The van der Waals surface area contributed by atoms with Gasteiger partial charge in [-0.15, -0.1) is 0 Å². The summed E-state index contributed by atoms with van der Waals surface area (Å²) in [4.78, 5) is 7.98. The molecule has 0 radical (unpaired) electrons. The fourth-order valence-electron chi connectivity index (χ4n) is 1.09. The average Bonchev–Trinajstić information content (AvgIpc) is 2.65. The molecule has 0 N–H and O–H groups in total. The lowest BCUT2D eigenvalue weighted by atomic mass is 10.5. The predicted molar refractivity (Wildman–Crippen MR) is 50.4 cm³/mol. The Morgan fingerprint density at radius 1 is 1.29 bits per heavy atom. The monoisotopic (exact) mass is 190 g/mol. The quantitative estimate of drug-likeness (QED) is 0.708. The van der Waals surface area contributed by atoms with E-state index in [9.17, 15) is 0 Å². The normalized spacial score (nSPS) is 10.1. The molecule has 0 aliphatic carbocycles. The second-order valence-corrected chi connectivity index (χ2v) is 2.83. The second kappa shape index (κ2) is 3.45. The zero-order valence-electron chi connectivity index (χ0n) is 8.01. The van der Waals surface area contributed by atoms with Crippen molar-refractivity contribution in [1.82, 2.24) is 19.7 Å². The number of rotatable bonds is 2. The minimum atomic E-state index is 0.359. The molecule has 2 aromatic heterocycles. The van der Waals surface area contributed by atoms with Crippen molar-refractivity contribution in [3.63, 3.8) is 0 Å². The van der Waals surface area contributed by atoms with Crippen LogP contribution < -0.4 is 4.74 Å². The topological polar surface area (TPSA) is 52.8 Å². The Balaban J connectivity index is 2.33. The molecule has 2 aromatic rings. The van der Waals surface area contributed by atoms with E-state index in [1.807, 2.05) is 19.2 Å². The molecule has 0 aliphatic heterocycles. The number of methoxy groups -OCH3 is 1. The summed E-state index contributed by atoms with van der Waals surface area (Å²) in [7, 11) is 1.53. The third kappa shape index (κ3) is 1.56. The minimum absolute atomic E-state index is 0.359. The summed E-state index contributed by atoms with van der Waals surface area (Å²) >= 11 is 0. The molecule has 0 aliphatic rings. The molecular formula is C9H10N4O. The molecule has 0 unspecified atom stereocenters. The van der Waals surface area contributed by atoms with Crippen LogP contribution in [0.3, 0.4) is 0 Å². The molecule has 0 atom stereocenters. The summed E-state index contributed by atoms with van der Waals surface area (Å²) < 4.78 is 6.58. The molecule has 2 heterocycles. The van der Waals surface area contributed by atoms with Gasteiger partial charge in [0.1, 0.15) is 5.69 Å². The van der Waals surface area contributed by atoms with E-state index in [1.54, 1.807) is 17.1 Å². The van der Waals surface area contributed by atoms with E-state index in [0.717, 1.165) is 11.4 Å². The molecule has 5 nitrogen and oxygen atoms in total. The molecule has 0 amide bonds. The number of ether oxygens (including phenoxy) is 1. The zero-order chi connectivity index (χ0) is 9.97.